The van der Waals surface area contributed by atoms with E-state index in [-0.39, 0.29) is 5.91 Å². The molecular weight excluding hydrogens is 192 g/mol. The van der Waals surface area contributed by atoms with E-state index < -0.39 is 6.10 Å². The van der Waals surface area contributed by atoms with Crippen LogP contribution in [0.4, 0.5) is 0 Å². The van der Waals surface area contributed by atoms with Crippen LogP contribution in [0.1, 0.15) is 18.1 Å². The third-order valence-corrected chi connectivity index (χ3v) is 2.20. The van der Waals surface area contributed by atoms with E-state index in [0.717, 1.165) is 11.1 Å². The summed E-state index contributed by atoms with van der Waals surface area (Å²) in [7, 11) is 0. The Hall–Kier alpha value is -1.84. The first-order valence-corrected chi connectivity index (χ1v) is 4.78. The summed E-state index contributed by atoms with van der Waals surface area (Å²) in [4.78, 5) is 16.3. The predicted octanol–water partition coefficient (Wildman–Crippen LogP) is 1.19. The van der Waals surface area contributed by atoms with Crippen molar-refractivity contribution < 1.29 is 9.63 Å². The summed E-state index contributed by atoms with van der Waals surface area (Å²) in [5.41, 5.74) is 1.97. The molecule has 0 aliphatic carbocycles. The molecule has 1 atom stereocenters. The summed E-state index contributed by atoms with van der Waals surface area (Å²) in [5, 5.41) is 6.55. The minimum Gasteiger partial charge on any atom is -0.381 e. The van der Waals surface area contributed by atoms with Gasteiger partial charge in [-0.3, -0.25) is 4.79 Å². The number of nitrogens with one attached hydrogen (secondary N) is 1. The van der Waals surface area contributed by atoms with Crippen molar-refractivity contribution in [2.45, 2.75) is 20.0 Å². The van der Waals surface area contributed by atoms with Gasteiger partial charge in [-0.2, -0.15) is 0 Å². The lowest BCUT2D eigenvalue weighted by Gasteiger charge is -2.18. The minimum atomic E-state index is -0.515. The molecule has 1 heterocycles. The van der Waals surface area contributed by atoms with Crippen LogP contribution in [0.2, 0.25) is 0 Å². The van der Waals surface area contributed by atoms with Crippen LogP contribution in [0.5, 0.6) is 0 Å². The molecule has 1 aliphatic rings. The number of carbonyl (C=O) groups is 1. The predicted molar refractivity (Wildman–Crippen MR) is 56.4 cm³/mol. The van der Waals surface area contributed by atoms with Crippen molar-refractivity contribution in [2.75, 3.05) is 0 Å². The summed E-state index contributed by atoms with van der Waals surface area (Å²) >= 11 is 0. The van der Waals surface area contributed by atoms with Crippen molar-refractivity contribution in [1.82, 2.24) is 5.32 Å². The zero-order valence-corrected chi connectivity index (χ0v) is 8.65. The zero-order valence-electron chi connectivity index (χ0n) is 8.65. The van der Waals surface area contributed by atoms with E-state index >= 15 is 0 Å². The van der Waals surface area contributed by atoms with Crippen LogP contribution in [0.3, 0.4) is 0 Å². The molecule has 0 fully saturated rings. The van der Waals surface area contributed by atoms with E-state index in [0.29, 0.717) is 5.84 Å². The molecule has 1 unspecified atom stereocenters. The van der Waals surface area contributed by atoms with Crippen LogP contribution >= 0.6 is 0 Å². The standard InChI is InChI=1S/C11H12N2O2/c1-7-4-3-5-9(6-7)10-12-11(14)8(2)15-13-10/h3-6,8H,1-2H3,(H,12,13,14). The highest BCUT2D eigenvalue weighted by Crippen LogP contribution is 2.08. The smallest absolute Gasteiger partial charge is 0.269 e. The van der Waals surface area contributed by atoms with Crippen LogP contribution in [0, 0.1) is 6.92 Å². The van der Waals surface area contributed by atoms with Gasteiger partial charge in [-0.05, 0) is 19.9 Å². The molecule has 1 aromatic rings. The van der Waals surface area contributed by atoms with Crippen molar-refractivity contribution in [3.05, 3.63) is 35.4 Å². The SMILES string of the molecule is Cc1cccc(C2=NOC(C)C(=O)N2)c1. The highest BCUT2D eigenvalue weighted by Gasteiger charge is 2.22. The Morgan fingerprint density at radius 1 is 1.47 bits per heavy atom. The Labute approximate surface area is 87.9 Å². The average Bonchev–Trinajstić information content (AvgIpc) is 2.22. The third kappa shape index (κ3) is 1.98. The van der Waals surface area contributed by atoms with Gasteiger partial charge in [-0.1, -0.05) is 28.9 Å². The van der Waals surface area contributed by atoms with Gasteiger partial charge in [0.1, 0.15) is 0 Å². The lowest BCUT2D eigenvalue weighted by molar-refractivity contribution is -0.131. The summed E-state index contributed by atoms with van der Waals surface area (Å²) in [6, 6.07) is 7.72. The number of carbonyl (C=O) groups excluding carboxylic acids is 1. The number of nitrogens with zero attached hydrogens (tertiary/aromatic N) is 1. The first-order chi connectivity index (χ1) is 7.16. The number of rotatable bonds is 1. The normalized spacial score (nSPS) is 20.3. The molecule has 0 saturated heterocycles. The first-order valence-electron chi connectivity index (χ1n) is 4.78. The van der Waals surface area contributed by atoms with Gasteiger partial charge in [0, 0.05) is 5.56 Å². The number of hydrogen-bond donors (Lipinski definition) is 1. The molecule has 2 rings (SSSR count). The lowest BCUT2D eigenvalue weighted by atomic mass is 10.1. The van der Waals surface area contributed by atoms with Crippen LogP contribution in [-0.4, -0.2) is 17.8 Å². The maximum absolute atomic E-state index is 11.3. The Morgan fingerprint density at radius 3 is 2.93 bits per heavy atom. The second kappa shape index (κ2) is 3.73. The maximum atomic E-state index is 11.3. The number of hydrogen-bond acceptors (Lipinski definition) is 3. The van der Waals surface area contributed by atoms with E-state index in [1.54, 1.807) is 6.92 Å². The van der Waals surface area contributed by atoms with Gasteiger partial charge in [0.05, 0.1) is 0 Å². The molecule has 78 valence electrons. The van der Waals surface area contributed by atoms with Crippen molar-refractivity contribution in [1.29, 1.82) is 0 Å². The molecule has 4 heteroatoms. The molecule has 15 heavy (non-hydrogen) atoms. The van der Waals surface area contributed by atoms with Gasteiger partial charge in [-0.25, -0.2) is 0 Å². The second-order valence-corrected chi connectivity index (χ2v) is 3.55. The summed E-state index contributed by atoms with van der Waals surface area (Å²) < 4.78 is 0. The average molecular weight is 204 g/mol. The van der Waals surface area contributed by atoms with Crippen LogP contribution < -0.4 is 5.32 Å². The van der Waals surface area contributed by atoms with Gasteiger partial charge in [0.15, 0.2) is 5.84 Å². The maximum Gasteiger partial charge on any atom is 0.269 e. The molecule has 1 aliphatic heterocycles. The van der Waals surface area contributed by atoms with Gasteiger partial charge >= 0.3 is 0 Å². The van der Waals surface area contributed by atoms with Crippen molar-refractivity contribution >= 4 is 11.7 Å². The van der Waals surface area contributed by atoms with E-state index in [1.807, 2.05) is 31.2 Å². The van der Waals surface area contributed by atoms with Gasteiger partial charge in [0.25, 0.3) is 5.91 Å². The molecule has 1 aromatic carbocycles. The van der Waals surface area contributed by atoms with Crippen LogP contribution in [-0.2, 0) is 9.63 Å². The second-order valence-electron chi connectivity index (χ2n) is 3.55. The number of aryl methyl sites for hydroxylation is 1. The highest BCUT2D eigenvalue weighted by atomic mass is 16.6. The van der Waals surface area contributed by atoms with E-state index in [2.05, 4.69) is 10.5 Å². The molecule has 1 N–H and O–H groups in total. The fourth-order valence-corrected chi connectivity index (χ4v) is 1.34. The topological polar surface area (TPSA) is 50.7 Å². The third-order valence-electron chi connectivity index (χ3n) is 2.20. The molecule has 0 spiro atoms. The molecule has 0 bridgehead atoms. The molecule has 0 saturated carbocycles. The van der Waals surface area contributed by atoms with E-state index in [9.17, 15) is 4.79 Å². The van der Waals surface area contributed by atoms with Crippen molar-refractivity contribution in [3.8, 4) is 0 Å². The Kier molecular flexibility index (Phi) is 2.41. The van der Waals surface area contributed by atoms with Crippen LogP contribution in [0.25, 0.3) is 0 Å². The Bertz CT molecular complexity index is 426. The Balaban J connectivity index is 2.29. The monoisotopic (exact) mass is 204 g/mol. The molecule has 0 aromatic heterocycles. The molecule has 4 nitrogen and oxygen atoms in total. The minimum absolute atomic E-state index is 0.165. The summed E-state index contributed by atoms with van der Waals surface area (Å²) in [6.07, 6.45) is -0.515. The molecule has 1 amide bonds. The van der Waals surface area contributed by atoms with Crippen LogP contribution in [0.15, 0.2) is 29.4 Å². The number of benzene rings is 1. The first kappa shape index (κ1) is 9.71. The summed E-state index contributed by atoms with van der Waals surface area (Å²) in [5.74, 6) is 0.309. The number of oxime groups is 1. The molecular formula is C11H12N2O2. The van der Waals surface area contributed by atoms with Crippen molar-refractivity contribution in [2.24, 2.45) is 5.16 Å². The fourth-order valence-electron chi connectivity index (χ4n) is 1.34. The highest BCUT2D eigenvalue weighted by molar-refractivity contribution is 6.09. The lowest BCUT2D eigenvalue weighted by Crippen LogP contribution is -2.42. The van der Waals surface area contributed by atoms with E-state index in [4.69, 9.17) is 4.84 Å². The zero-order chi connectivity index (χ0) is 10.8. The van der Waals surface area contributed by atoms with E-state index in [1.165, 1.54) is 0 Å². The quantitative estimate of drug-likeness (QED) is 0.747. The van der Waals surface area contributed by atoms with Gasteiger partial charge < -0.3 is 10.2 Å². The fraction of sp³-hybridized carbons (Fsp3) is 0.273. The number of amides is 1. The Morgan fingerprint density at radius 2 is 2.27 bits per heavy atom. The summed E-state index contributed by atoms with van der Waals surface area (Å²) in [6.45, 7) is 3.64. The van der Waals surface area contributed by atoms with Gasteiger partial charge in [-0.15, -0.1) is 0 Å². The molecule has 0 radical (unpaired) electrons. The van der Waals surface area contributed by atoms with Crippen molar-refractivity contribution in [3.63, 3.8) is 0 Å². The number of amidine groups is 1. The van der Waals surface area contributed by atoms with Gasteiger partial charge in [0.2, 0.25) is 6.10 Å². The largest absolute Gasteiger partial charge is 0.381 e.